The van der Waals surface area contributed by atoms with Gasteiger partial charge in [-0.05, 0) is 37.6 Å². The summed E-state index contributed by atoms with van der Waals surface area (Å²) in [4.78, 5) is 26.4. The lowest BCUT2D eigenvalue weighted by atomic mass is 9.97. The summed E-state index contributed by atoms with van der Waals surface area (Å²) in [5, 5.41) is 0.956. The van der Waals surface area contributed by atoms with Crippen molar-refractivity contribution in [2.75, 3.05) is 6.61 Å². The molecule has 0 saturated carbocycles. The molecule has 1 atom stereocenters. The van der Waals surface area contributed by atoms with Crippen LogP contribution in [0.4, 0.5) is 4.39 Å². The minimum atomic E-state index is -0.791. The van der Waals surface area contributed by atoms with Gasteiger partial charge in [-0.3, -0.25) is 13.9 Å². The maximum absolute atomic E-state index is 14.9. The smallest absolute Gasteiger partial charge is 0.331 e. The van der Waals surface area contributed by atoms with E-state index in [9.17, 15) is 14.0 Å². The molecular formula is C25H23ClFN3O3. The van der Waals surface area contributed by atoms with Crippen molar-refractivity contribution in [3.8, 4) is 11.3 Å². The van der Waals surface area contributed by atoms with Crippen LogP contribution in [0.1, 0.15) is 31.2 Å². The summed E-state index contributed by atoms with van der Waals surface area (Å²) in [5.74, 6) is -0.412. The van der Waals surface area contributed by atoms with Crippen LogP contribution < -0.4 is 11.2 Å². The first-order valence-corrected chi connectivity index (χ1v) is 11.0. The van der Waals surface area contributed by atoms with Crippen molar-refractivity contribution >= 4 is 22.5 Å². The molecule has 0 unspecified atom stereocenters. The van der Waals surface area contributed by atoms with Crippen LogP contribution in [0.5, 0.6) is 0 Å². The molecule has 170 valence electrons. The molecule has 3 heterocycles. The third-order valence-electron chi connectivity index (χ3n) is 6.37. The van der Waals surface area contributed by atoms with Crippen LogP contribution in [0, 0.1) is 5.82 Å². The number of nitrogens with zero attached hydrogens (tertiary/aromatic N) is 3. The van der Waals surface area contributed by atoms with Gasteiger partial charge in [0.25, 0.3) is 5.56 Å². The Kier molecular flexibility index (Phi) is 4.88. The van der Waals surface area contributed by atoms with Crippen LogP contribution in [0.25, 0.3) is 22.2 Å². The van der Waals surface area contributed by atoms with Gasteiger partial charge in [-0.2, -0.15) is 0 Å². The molecule has 0 spiro atoms. The zero-order chi connectivity index (χ0) is 23.7. The number of hydrogen-bond acceptors (Lipinski definition) is 3. The summed E-state index contributed by atoms with van der Waals surface area (Å²) in [6, 6.07) is 13.6. The van der Waals surface area contributed by atoms with Gasteiger partial charge >= 0.3 is 5.69 Å². The van der Waals surface area contributed by atoms with Crippen LogP contribution >= 0.6 is 11.6 Å². The van der Waals surface area contributed by atoms with Crippen LogP contribution in [-0.2, 0) is 24.4 Å². The van der Waals surface area contributed by atoms with E-state index < -0.39 is 28.7 Å². The van der Waals surface area contributed by atoms with Gasteiger partial charge in [-0.15, -0.1) is 0 Å². The molecule has 0 N–H and O–H groups in total. The Morgan fingerprint density at radius 2 is 1.70 bits per heavy atom. The number of aryl methyl sites for hydroxylation is 1. The third-order valence-corrected chi connectivity index (χ3v) is 6.62. The predicted molar refractivity (Wildman–Crippen MR) is 126 cm³/mol. The summed E-state index contributed by atoms with van der Waals surface area (Å²) < 4.78 is 25.7. The summed E-state index contributed by atoms with van der Waals surface area (Å²) in [6.45, 7) is 4.28. The molecule has 0 fully saturated rings. The second-order valence-electron chi connectivity index (χ2n) is 9.03. The Morgan fingerprint density at radius 1 is 1.03 bits per heavy atom. The maximum Gasteiger partial charge on any atom is 0.331 e. The molecule has 33 heavy (non-hydrogen) atoms. The number of benzene rings is 2. The van der Waals surface area contributed by atoms with Crippen LogP contribution in [-0.4, -0.2) is 20.3 Å². The van der Waals surface area contributed by atoms with E-state index in [2.05, 4.69) is 0 Å². The highest BCUT2D eigenvalue weighted by atomic mass is 35.5. The molecule has 2 aromatic heterocycles. The maximum atomic E-state index is 14.9. The van der Waals surface area contributed by atoms with E-state index in [1.807, 2.05) is 30.5 Å². The largest absolute Gasteiger partial charge is 0.365 e. The van der Waals surface area contributed by atoms with Gasteiger partial charge in [0.15, 0.2) is 0 Å². The van der Waals surface area contributed by atoms with Crippen molar-refractivity contribution in [3.63, 3.8) is 0 Å². The topological polar surface area (TPSA) is 58.2 Å². The normalized spacial score (nSPS) is 17.3. The first kappa shape index (κ1) is 21.7. The average Bonchev–Trinajstić information content (AvgIpc) is 3.15. The van der Waals surface area contributed by atoms with Crippen molar-refractivity contribution in [1.29, 1.82) is 0 Å². The van der Waals surface area contributed by atoms with Gasteiger partial charge in [0.2, 0.25) is 0 Å². The van der Waals surface area contributed by atoms with E-state index in [-0.39, 0.29) is 6.61 Å². The monoisotopic (exact) mass is 467 g/mol. The van der Waals surface area contributed by atoms with Crippen molar-refractivity contribution in [2.45, 2.75) is 25.5 Å². The molecule has 2 aromatic carbocycles. The molecular weight excluding hydrogens is 445 g/mol. The molecule has 5 rings (SSSR count). The molecule has 0 bridgehead atoms. The van der Waals surface area contributed by atoms with Crippen molar-refractivity contribution < 1.29 is 9.13 Å². The summed E-state index contributed by atoms with van der Waals surface area (Å²) in [7, 11) is 3.08. The minimum absolute atomic E-state index is 0.287. The van der Waals surface area contributed by atoms with Crippen LogP contribution in [0.2, 0.25) is 5.02 Å². The molecule has 6 nitrogen and oxygen atoms in total. The minimum Gasteiger partial charge on any atom is -0.365 e. The first-order chi connectivity index (χ1) is 15.6. The molecule has 0 aliphatic carbocycles. The lowest BCUT2D eigenvalue weighted by molar-refractivity contribution is -0.00855. The van der Waals surface area contributed by atoms with Crippen LogP contribution in [0.15, 0.2) is 58.1 Å². The lowest BCUT2D eigenvalue weighted by Gasteiger charge is -2.39. The predicted octanol–water partition coefficient (Wildman–Crippen LogP) is 4.35. The lowest BCUT2D eigenvalue weighted by Crippen LogP contribution is -2.40. The molecule has 1 aliphatic heterocycles. The Morgan fingerprint density at radius 3 is 2.36 bits per heavy atom. The number of fused-ring (bicyclic) bond motifs is 3. The fourth-order valence-corrected chi connectivity index (χ4v) is 4.93. The van der Waals surface area contributed by atoms with Gasteiger partial charge in [-0.1, -0.05) is 41.9 Å². The Balaban J connectivity index is 2.03. The fourth-order valence-electron chi connectivity index (χ4n) is 4.80. The van der Waals surface area contributed by atoms with Crippen molar-refractivity contribution in [1.82, 2.24) is 13.7 Å². The molecule has 8 heteroatoms. The van der Waals surface area contributed by atoms with Gasteiger partial charge in [0, 0.05) is 24.7 Å². The van der Waals surface area contributed by atoms with E-state index in [4.69, 9.17) is 16.3 Å². The summed E-state index contributed by atoms with van der Waals surface area (Å²) >= 11 is 6.13. The van der Waals surface area contributed by atoms with E-state index in [1.54, 1.807) is 37.4 Å². The van der Waals surface area contributed by atoms with E-state index in [0.29, 0.717) is 32.9 Å². The van der Waals surface area contributed by atoms with Gasteiger partial charge < -0.3 is 9.30 Å². The molecule has 0 radical (unpaired) electrons. The third kappa shape index (κ3) is 3.10. The highest BCUT2D eigenvalue weighted by molar-refractivity contribution is 6.30. The highest BCUT2D eigenvalue weighted by Crippen LogP contribution is 2.45. The standard InChI is InChI=1S/C25H23ClFN3O3/c1-25(2)13-33-22(16-7-5-6-8-17(16)27)21-20-18(23(31)29(4)24(32)28(20)3)19(30(21)25)14-9-11-15(26)12-10-14/h5-12,22H,13H2,1-4H3/t22-/m1/s1. The highest BCUT2D eigenvalue weighted by Gasteiger charge is 2.41. The number of hydrogen-bond donors (Lipinski definition) is 0. The van der Waals surface area contributed by atoms with Crippen LogP contribution in [0.3, 0.4) is 0 Å². The van der Waals surface area contributed by atoms with Crippen molar-refractivity contribution in [3.05, 3.63) is 91.5 Å². The molecule has 1 aliphatic rings. The first-order valence-electron chi connectivity index (χ1n) is 10.6. The van der Waals surface area contributed by atoms with E-state index >= 15 is 0 Å². The zero-order valence-corrected chi connectivity index (χ0v) is 19.5. The SMILES string of the molecule is Cn1c(=O)c2c(-c3ccc(Cl)cc3)n3c(c2n(C)c1=O)[C@@H](c1ccccc1F)OCC3(C)C. The number of halogens is 2. The zero-order valence-electron chi connectivity index (χ0n) is 18.7. The second kappa shape index (κ2) is 7.43. The molecule has 0 amide bonds. The van der Waals surface area contributed by atoms with Gasteiger partial charge in [0.05, 0.1) is 34.4 Å². The number of aromatic nitrogens is 3. The molecule has 0 saturated heterocycles. The van der Waals surface area contributed by atoms with E-state index in [1.165, 1.54) is 17.7 Å². The summed E-state index contributed by atoms with van der Waals surface area (Å²) in [6.07, 6.45) is -0.791. The number of ether oxygens (including phenoxy) is 1. The quantitative estimate of drug-likeness (QED) is 0.440. The van der Waals surface area contributed by atoms with E-state index in [0.717, 1.165) is 10.1 Å². The summed E-state index contributed by atoms with van der Waals surface area (Å²) in [5.41, 5.74) is 1.34. The average molecular weight is 468 g/mol. The fraction of sp³-hybridized carbons (Fsp3) is 0.280. The second-order valence-corrected chi connectivity index (χ2v) is 9.47. The van der Waals surface area contributed by atoms with Gasteiger partial charge in [0.1, 0.15) is 11.9 Å². The Bertz CT molecular complexity index is 1530. The number of rotatable bonds is 2. The molecule has 4 aromatic rings. The van der Waals surface area contributed by atoms with Gasteiger partial charge in [-0.25, -0.2) is 9.18 Å². The Hall–Kier alpha value is -3.16. The Labute approximate surface area is 194 Å². The van der Waals surface area contributed by atoms with Crippen molar-refractivity contribution in [2.24, 2.45) is 14.1 Å².